The Hall–Kier alpha value is -1.19. The van der Waals surface area contributed by atoms with Gasteiger partial charge in [-0.25, -0.2) is 0 Å². The lowest BCUT2D eigenvalue weighted by Gasteiger charge is -2.22. The molecule has 0 aliphatic carbocycles. The molecule has 0 radical (unpaired) electrons. The Morgan fingerprint density at radius 2 is 1.91 bits per heavy atom. The van der Waals surface area contributed by atoms with Crippen LogP contribution >= 0.6 is 7.77 Å². The molecule has 0 spiro atoms. The summed E-state index contributed by atoms with van der Waals surface area (Å²) in [5.74, 6) is 0.828. The second kappa shape index (κ2) is 9.06. The van der Waals surface area contributed by atoms with Crippen LogP contribution in [0.1, 0.15) is 18.4 Å². The van der Waals surface area contributed by atoms with Gasteiger partial charge in [0.2, 0.25) is 0 Å². The van der Waals surface area contributed by atoms with Crippen molar-refractivity contribution in [2.24, 2.45) is 0 Å². The van der Waals surface area contributed by atoms with E-state index in [0.29, 0.717) is 23.8 Å². The van der Waals surface area contributed by atoms with Gasteiger partial charge in [0.25, 0.3) is 5.48 Å². The molecule has 0 aliphatic heterocycles. The lowest BCUT2D eigenvalue weighted by atomic mass is 10.2. The van der Waals surface area contributed by atoms with E-state index >= 15 is 0 Å². The molecule has 1 N–H and O–H groups in total. The number of hydrogen-bond acceptors (Lipinski definition) is 2. The van der Waals surface area contributed by atoms with Crippen molar-refractivity contribution in [3.63, 3.8) is 0 Å². The van der Waals surface area contributed by atoms with Gasteiger partial charge in [-0.1, -0.05) is 24.8 Å². The zero-order valence-electron chi connectivity index (χ0n) is 13.8. The number of rotatable bonds is 9. The normalized spacial score (nSPS) is 12.8. The van der Waals surface area contributed by atoms with Crippen molar-refractivity contribution in [2.45, 2.75) is 12.8 Å². The number of likely N-dealkylation sites (N-methyl/N-ethyl adjacent to an activating group) is 1. The van der Waals surface area contributed by atoms with Gasteiger partial charge in [-0.3, -0.25) is 0 Å². The van der Waals surface area contributed by atoms with Crippen molar-refractivity contribution in [2.75, 3.05) is 40.5 Å². The minimum atomic E-state index is -1.64. The number of nitrogens with zero attached hydrogens (tertiary/aromatic N) is 1. The molecule has 0 saturated carbocycles. The Morgan fingerprint density at radius 1 is 1.27 bits per heavy atom. The Balaban J connectivity index is 2.27. The van der Waals surface area contributed by atoms with E-state index in [4.69, 9.17) is 4.74 Å². The zero-order valence-corrected chi connectivity index (χ0v) is 14.7. The lowest BCUT2D eigenvalue weighted by Crippen LogP contribution is -2.39. The van der Waals surface area contributed by atoms with E-state index in [-0.39, 0.29) is 5.48 Å². The minimum Gasteiger partial charge on any atom is -0.629 e. The molecule has 22 heavy (non-hydrogen) atoms. The third kappa shape index (κ3) is 7.71. The molecule has 1 aromatic rings. The van der Waals surface area contributed by atoms with E-state index in [1.54, 1.807) is 6.08 Å². The zero-order chi connectivity index (χ0) is 16.6. The van der Waals surface area contributed by atoms with E-state index in [2.05, 4.69) is 6.58 Å². The molecular weight excluding hydrogens is 297 g/mol. The first kappa shape index (κ1) is 18.9. The monoisotopic (exact) mass is 324 g/mol. The Labute approximate surface area is 134 Å². The molecule has 0 bridgehead atoms. The number of aliphatic hydroxyl groups is 1. The minimum absolute atomic E-state index is 0.114. The van der Waals surface area contributed by atoms with Crippen molar-refractivity contribution < 1.29 is 19.2 Å². The molecule has 5 heteroatoms. The quantitative estimate of drug-likeness (QED) is 0.431. The van der Waals surface area contributed by atoms with Crippen molar-refractivity contribution in [3.05, 3.63) is 36.4 Å². The fourth-order valence-electron chi connectivity index (χ4n) is 1.88. The van der Waals surface area contributed by atoms with Crippen LogP contribution in [-0.4, -0.2) is 55.5 Å². The van der Waals surface area contributed by atoms with Crippen LogP contribution in [-0.2, 0) is 0 Å². The highest BCUT2D eigenvalue weighted by Crippen LogP contribution is 2.17. The average molecular weight is 324 g/mol. The molecule has 1 rings (SSSR count). The standard InChI is InChI=1S/C17H26NO3P/c1-5-15-8-10-16(11-9-15)21-12-6-7-13-22(20)17(19)14-18(2,3)4/h5,8-11H,1,6-7,12-14H2,2-4H3/p+1. The van der Waals surface area contributed by atoms with Crippen LogP contribution in [0.3, 0.4) is 0 Å². The predicted octanol–water partition coefficient (Wildman–Crippen LogP) is 2.45. The number of unbranched alkanes of at least 4 members (excludes halogenated alkanes) is 1. The molecule has 0 aromatic heterocycles. The smallest absolute Gasteiger partial charge is 0.273 e. The van der Waals surface area contributed by atoms with Gasteiger partial charge in [0.15, 0.2) is 6.54 Å². The van der Waals surface area contributed by atoms with Crippen molar-refractivity contribution in [3.8, 4) is 5.75 Å². The van der Waals surface area contributed by atoms with Gasteiger partial charge in [-0.15, -0.1) is 0 Å². The molecule has 0 saturated heterocycles. The van der Waals surface area contributed by atoms with Gasteiger partial charge in [-0.2, -0.15) is 0 Å². The fourth-order valence-corrected chi connectivity index (χ4v) is 3.23. The average Bonchev–Trinajstić information content (AvgIpc) is 2.45. The van der Waals surface area contributed by atoms with E-state index in [0.717, 1.165) is 24.2 Å². The maximum Gasteiger partial charge on any atom is 0.273 e. The second-order valence-electron chi connectivity index (χ2n) is 6.30. The van der Waals surface area contributed by atoms with E-state index in [1.807, 2.05) is 45.4 Å². The maximum absolute atomic E-state index is 11.9. The summed E-state index contributed by atoms with van der Waals surface area (Å²) in [6.07, 6.45) is 3.91. The summed E-state index contributed by atoms with van der Waals surface area (Å²) < 4.78 is 6.21. The third-order valence-corrected chi connectivity index (χ3v) is 4.48. The summed E-state index contributed by atoms with van der Waals surface area (Å²) in [6, 6.07) is 7.74. The van der Waals surface area contributed by atoms with Crippen LogP contribution < -0.4 is 9.63 Å². The predicted molar refractivity (Wildman–Crippen MR) is 92.9 cm³/mol. The van der Waals surface area contributed by atoms with Crippen LogP contribution in [0, 0.1) is 0 Å². The molecular formula is C17H27NO3P+. The van der Waals surface area contributed by atoms with Gasteiger partial charge in [0.1, 0.15) is 11.9 Å². The molecule has 1 atom stereocenters. The molecule has 1 aromatic carbocycles. The van der Waals surface area contributed by atoms with Crippen molar-refractivity contribution >= 4 is 19.3 Å². The molecule has 4 nitrogen and oxygen atoms in total. The van der Waals surface area contributed by atoms with Crippen LogP contribution in [0.15, 0.2) is 30.8 Å². The first-order chi connectivity index (χ1) is 10.3. The van der Waals surface area contributed by atoms with Gasteiger partial charge in [0.05, 0.1) is 35.5 Å². The summed E-state index contributed by atoms with van der Waals surface area (Å²) in [6.45, 7) is 4.73. The van der Waals surface area contributed by atoms with Gasteiger partial charge in [0, 0.05) is 0 Å². The molecule has 122 valence electrons. The summed E-state index contributed by atoms with van der Waals surface area (Å²) in [5, 5.41) is 9.82. The number of benzene rings is 1. The molecule has 1 unspecified atom stereocenters. The first-order valence-electron chi connectivity index (χ1n) is 7.47. The van der Waals surface area contributed by atoms with Gasteiger partial charge >= 0.3 is 0 Å². The molecule has 0 amide bonds. The third-order valence-electron chi connectivity index (χ3n) is 3.04. The van der Waals surface area contributed by atoms with E-state index in [1.165, 1.54) is 0 Å². The van der Waals surface area contributed by atoms with Gasteiger partial charge in [-0.05, 0) is 30.5 Å². The Kier molecular flexibility index (Phi) is 7.77. The Bertz CT molecular complexity index is 504. The molecule has 0 fully saturated rings. The fraction of sp³-hybridized carbons (Fsp3) is 0.471. The Morgan fingerprint density at radius 3 is 2.45 bits per heavy atom. The largest absolute Gasteiger partial charge is 0.629 e. The highest BCUT2D eigenvalue weighted by atomic mass is 31.1. The van der Waals surface area contributed by atoms with E-state index < -0.39 is 7.77 Å². The van der Waals surface area contributed by atoms with Crippen LogP contribution in [0.25, 0.3) is 6.08 Å². The second-order valence-corrected chi connectivity index (χ2v) is 8.02. The molecule has 0 heterocycles. The first-order valence-corrected chi connectivity index (χ1v) is 8.91. The number of ether oxygens (including phenoxy) is 1. The molecule has 0 aliphatic rings. The topological polar surface area (TPSA) is 52.5 Å². The van der Waals surface area contributed by atoms with Crippen LogP contribution in [0.5, 0.6) is 5.75 Å². The van der Waals surface area contributed by atoms with Crippen molar-refractivity contribution in [1.29, 1.82) is 0 Å². The van der Waals surface area contributed by atoms with Crippen LogP contribution in [0.2, 0.25) is 0 Å². The number of quaternary nitrogens is 1. The van der Waals surface area contributed by atoms with Crippen molar-refractivity contribution in [1.82, 2.24) is 0 Å². The maximum atomic E-state index is 11.9. The summed E-state index contributed by atoms with van der Waals surface area (Å²) in [5.41, 5.74) is 1.18. The SMILES string of the molecule is C=Cc1ccc(OCCCC/[P+]([O-])=C(\O)C[N+](C)(C)C)cc1. The lowest BCUT2D eigenvalue weighted by molar-refractivity contribution is -0.861. The van der Waals surface area contributed by atoms with Crippen LogP contribution in [0.4, 0.5) is 0 Å². The summed E-state index contributed by atoms with van der Waals surface area (Å²) in [7, 11) is 4.25. The summed E-state index contributed by atoms with van der Waals surface area (Å²) in [4.78, 5) is 11.9. The summed E-state index contributed by atoms with van der Waals surface area (Å²) >= 11 is 0. The highest BCUT2D eigenvalue weighted by Gasteiger charge is 2.16. The van der Waals surface area contributed by atoms with E-state index in [9.17, 15) is 10.00 Å². The number of hydrogen-bond donors (Lipinski definition) is 1. The van der Waals surface area contributed by atoms with Gasteiger partial charge < -0.3 is 19.2 Å². The number of aliphatic hydroxyl groups excluding tert-OH is 1. The highest BCUT2D eigenvalue weighted by molar-refractivity contribution is 7.51.